The number of piperazine rings is 1. The van der Waals surface area contributed by atoms with Gasteiger partial charge in [-0.2, -0.15) is 0 Å². The van der Waals surface area contributed by atoms with Gasteiger partial charge in [0.05, 0.1) is 33.9 Å². The quantitative estimate of drug-likeness (QED) is 0.104. The number of hydrogen-bond donors (Lipinski definition) is 2. The van der Waals surface area contributed by atoms with Crippen molar-refractivity contribution < 1.29 is 27.6 Å². The summed E-state index contributed by atoms with van der Waals surface area (Å²) in [7, 11) is -4.54. The van der Waals surface area contributed by atoms with Crippen LogP contribution in [0, 0.1) is 21.4 Å². The number of rotatable bonds is 12. The van der Waals surface area contributed by atoms with Crippen molar-refractivity contribution in [2.24, 2.45) is 11.3 Å². The lowest BCUT2D eigenvalue weighted by Gasteiger charge is -2.39. The van der Waals surface area contributed by atoms with Gasteiger partial charge in [-0.3, -0.25) is 24.8 Å². The molecule has 0 unspecified atom stereocenters. The minimum absolute atomic E-state index is 0.124. The SMILES string of the molecule is CC1(C)CCC(CN2CCN(c3ccc(C(=O)NS(=O)(=O)c4ccc(NCC5CCOCC5)c([N+](=O)[O-])c4)c(N4CCCOc5ccncc54)c3)CC2)=C(c2ccc(Cl)cc2)C1. The molecule has 0 atom stereocenters. The molecule has 0 bridgehead atoms. The second kappa shape index (κ2) is 18.6. The van der Waals surface area contributed by atoms with E-state index in [1.807, 2.05) is 29.2 Å². The predicted molar refractivity (Wildman–Crippen MR) is 242 cm³/mol. The van der Waals surface area contributed by atoms with Crippen molar-refractivity contribution in [3.05, 3.63) is 111 Å². The van der Waals surface area contributed by atoms with Crippen LogP contribution in [0.15, 0.2) is 89.6 Å². The number of nitro groups is 1. The largest absolute Gasteiger partial charge is 0.491 e. The fourth-order valence-corrected chi connectivity index (χ4v) is 10.0. The summed E-state index contributed by atoms with van der Waals surface area (Å²) in [5.41, 5.74) is 6.36. The number of pyridine rings is 1. The number of carbonyl (C=O) groups is 1. The van der Waals surface area contributed by atoms with Gasteiger partial charge in [0.2, 0.25) is 0 Å². The van der Waals surface area contributed by atoms with Gasteiger partial charge in [0.25, 0.3) is 21.6 Å². The van der Waals surface area contributed by atoms with Crippen molar-refractivity contribution in [1.29, 1.82) is 0 Å². The normalized spacial score (nSPS) is 18.7. The number of anilines is 4. The van der Waals surface area contributed by atoms with E-state index in [0.717, 1.165) is 81.6 Å². The molecule has 2 saturated heterocycles. The zero-order valence-electron chi connectivity index (χ0n) is 35.3. The Hall–Kier alpha value is -5.22. The average Bonchev–Trinajstić information content (AvgIpc) is 3.49. The molecule has 1 aliphatic carbocycles. The van der Waals surface area contributed by atoms with E-state index in [0.29, 0.717) is 56.5 Å². The molecule has 62 heavy (non-hydrogen) atoms. The van der Waals surface area contributed by atoms with Crippen molar-refractivity contribution in [2.45, 2.75) is 57.3 Å². The Bertz CT molecular complexity index is 2430. The molecule has 4 aromatic rings. The van der Waals surface area contributed by atoms with Gasteiger partial charge in [0.15, 0.2) is 0 Å². The summed E-state index contributed by atoms with van der Waals surface area (Å²) in [4.78, 5) is 36.5. The molecule has 16 heteroatoms. The van der Waals surface area contributed by atoms with E-state index in [1.54, 1.807) is 24.5 Å². The van der Waals surface area contributed by atoms with E-state index in [1.165, 1.54) is 28.8 Å². The third-order valence-corrected chi connectivity index (χ3v) is 14.1. The fraction of sp³-hybridized carbons (Fsp3) is 0.435. The van der Waals surface area contributed by atoms with Gasteiger partial charge in [-0.1, -0.05) is 43.2 Å². The lowest BCUT2D eigenvalue weighted by atomic mass is 9.72. The number of nitro benzene ring substituents is 1. The first-order valence-electron chi connectivity index (χ1n) is 21.4. The van der Waals surface area contributed by atoms with E-state index in [-0.39, 0.29) is 22.6 Å². The van der Waals surface area contributed by atoms with Gasteiger partial charge in [-0.25, -0.2) is 13.1 Å². The van der Waals surface area contributed by atoms with Crippen molar-refractivity contribution in [3.8, 4) is 5.75 Å². The number of carbonyl (C=O) groups excluding carboxylic acids is 1. The first-order valence-corrected chi connectivity index (χ1v) is 23.3. The zero-order valence-corrected chi connectivity index (χ0v) is 36.8. The summed E-state index contributed by atoms with van der Waals surface area (Å²) in [6.07, 6.45) is 8.85. The summed E-state index contributed by atoms with van der Waals surface area (Å²) in [5.74, 6) is 0.0187. The van der Waals surface area contributed by atoms with E-state index < -0.39 is 31.4 Å². The summed E-state index contributed by atoms with van der Waals surface area (Å²) in [6, 6.07) is 19.1. The van der Waals surface area contributed by atoms with Gasteiger partial charge in [-0.15, -0.1) is 0 Å². The molecule has 328 valence electrons. The van der Waals surface area contributed by atoms with Crippen LogP contribution in [0.2, 0.25) is 5.02 Å². The van der Waals surface area contributed by atoms with Crippen molar-refractivity contribution in [3.63, 3.8) is 0 Å². The van der Waals surface area contributed by atoms with Crippen LogP contribution in [0.4, 0.5) is 28.4 Å². The predicted octanol–water partition coefficient (Wildman–Crippen LogP) is 8.31. The maximum atomic E-state index is 14.2. The van der Waals surface area contributed by atoms with E-state index in [2.05, 4.69) is 50.8 Å². The Morgan fingerprint density at radius 3 is 2.50 bits per heavy atom. The average molecular weight is 884 g/mol. The molecule has 2 fully saturated rings. The number of sulfonamides is 1. The second-order valence-corrected chi connectivity index (χ2v) is 19.5. The van der Waals surface area contributed by atoms with Crippen molar-refractivity contribution in [2.75, 3.05) is 80.8 Å². The van der Waals surface area contributed by atoms with Crippen LogP contribution < -0.4 is 24.6 Å². The highest BCUT2D eigenvalue weighted by Crippen LogP contribution is 2.44. The van der Waals surface area contributed by atoms with Crippen LogP contribution in [-0.2, 0) is 14.8 Å². The monoisotopic (exact) mass is 883 g/mol. The van der Waals surface area contributed by atoms with Crippen LogP contribution >= 0.6 is 11.6 Å². The Morgan fingerprint density at radius 1 is 0.968 bits per heavy atom. The summed E-state index contributed by atoms with van der Waals surface area (Å²) in [6.45, 7) is 11.5. The minimum Gasteiger partial charge on any atom is -0.491 e. The van der Waals surface area contributed by atoms with Gasteiger partial charge < -0.3 is 24.6 Å². The minimum atomic E-state index is -4.54. The second-order valence-electron chi connectivity index (χ2n) is 17.4. The Labute approximate surface area is 368 Å². The number of aromatic nitrogens is 1. The Morgan fingerprint density at radius 2 is 1.74 bits per heavy atom. The highest BCUT2D eigenvalue weighted by Gasteiger charge is 2.32. The van der Waals surface area contributed by atoms with Crippen LogP contribution in [-0.4, -0.2) is 94.8 Å². The van der Waals surface area contributed by atoms with Gasteiger partial charge >= 0.3 is 0 Å². The first-order chi connectivity index (χ1) is 29.8. The Balaban J connectivity index is 1.03. The third kappa shape index (κ3) is 10.0. The molecule has 8 rings (SSSR count). The standard InChI is InChI=1S/C46H54ClN7O7S/c1-46(2)16-12-34(39(28-46)33-4-6-35(47)7-5-33)31-51-19-21-52(22-20-51)36-8-10-38(41(26-36)53-18-3-23-61-44-13-17-48-30-43(44)53)45(55)50-62(58,59)37-9-11-40(42(27-37)54(56)57)49-29-32-14-24-60-25-15-32/h4-11,13,17,26-27,30,32,49H,3,12,14-16,18-25,28-29,31H2,1-2H3,(H,50,55). The summed E-state index contributed by atoms with van der Waals surface area (Å²) >= 11 is 6.26. The molecule has 2 N–H and O–H groups in total. The molecule has 0 saturated carbocycles. The van der Waals surface area contributed by atoms with Crippen molar-refractivity contribution in [1.82, 2.24) is 14.6 Å². The smallest absolute Gasteiger partial charge is 0.293 e. The number of allylic oxidation sites excluding steroid dienone is 1. The van der Waals surface area contributed by atoms with Gasteiger partial charge in [0, 0.05) is 88.1 Å². The molecule has 4 heterocycles. The summed E-state index contributed by atoms with van der Waals surface area (Å²) < 4.78 is 41.3. The maximum absolute atomic E-state index is 14.2. The fourth-order valence-electron chi connectivity index (χ4n) is 8.92. The lowest BCUT2D eigenvalue weighted by molar-refractivity contribution is -0.384. The number of fused-ring (bicyclic) bond motifs is 1. The molecule has 0 radical (unpaired) electrons. The number of hydrogen-bond acceptors (Lipinski definition) is 12. The topological polar surface area (TPSA) is 159 Å². The number of ether oxygens (including phenoxy) is 2. The molecule has 1 aromatic heterocycles. The molecule has 1 amide bonds. The van der Waals surface area contributed by atoms with Crippen molar-refractivity contribution >= 4 is 61.5 Å². The molecule has 4 aliphatic rings. The Kier molecular flexibility index (Phi) is 13.1. The molecule has 14 nitrogen and oxygen atoms in total. The van der Waals surface area contributed by atoms with Crippen LogP contribution in [0.25, 0.3) is 5.57 Å². The maximum Gasteiger partial charge on any atom is 0.293 e. The molecule has 3 aliphatic heterocycles. The first kappa shape index (κ1) is 43.4. The highest BCUT2D eigenvalue weighted by molar-refractivity contribution is 7.90. The van der Waals surface area contributed by atoms with Crippen LogP contribution in [0.1, 0.15) is 68.3 Å². The molecule has 3 aromatic carbocycles. The third-order valence-electron chi connectivity index (χ3n) is 12.5. The highest BCUT2D eigenvalue weighted by atomic mass is 35.5. The number of halogens is 1. The number of amides is 1. The van der Waals surface area contributed by atoms with Crippen LogP contribution in [0.3, 0.4) is 0 Å². The molecule has 0 spiro atoms. The number of nitrogens with one attached hydrogen (secondary N) is 2. The number of nitrogens with zero attached hydrogens (tertiary/aromatic N) is 5. The van der Waals surface area contributed by atoms with Gasteiger partial charge in [0.1, 0.15) is 17.1 Å². The number of benzene rings is 3. The van der Waals surface area contributed by atoms with Gasteiger partial charge in [-0.05, 0) is 103 Å². The van der Waals surface area contributed by atoms with E-state index in [9.17, 15) is 23.3 Å². The van der Waals surface area contributed by atoms with E-state index in [4.69, 9.17) is 21.1 Å². The van der Waals surface area contributed by atoms with Crippen LogP contribution in [0.5, 0.6) is 5.75 Å². The zero-order chi connectivity index (χ0) is 43.4. The molecular formula is C46H54ClN7O7S. The van der Waals surface area contributed by atoms with E-state index >= 15 is 0 Å². The summed E-state index contributed by atoms with van der Waals surface area (Å²) in [5, 5.41) is 16.0. The molecular weight excluding hydrogens is 830 g/mol. The lowest BCUT2D eigenvalue weighted by Crippen LogP contribution is -2.47.